The van der Waals surface area contributed by atoms with Crippen molar-refractivity contribution in [1.29, 1.82) is 0 Å². The van der Waals surface area contributed by atoms with E-state index in [0.717, 1.165) is 15.2 Å². The highest BCUT2D eigenvalue weighted by atomic mass is 32.1. The van der Waals surface area contributed by atoms with Crippen LogP contribution in [0.4, 0.5) is 5.69 Å². The third-order valence-electron chi connectivity index (χ3n) is 3.84. The lowest BCUT2D eigenvalue weighted by atomic mass is 10.1. The summed E-state index contributed by atoms with van der Waals surface area (Å²) in [5.41, 5.74) is 0.462. The number of thiazole rings is 1. The molecule has 9 heteroatoms. The Morgan fingerprint density at radius 1 is 1.23 bits per heavy atom. The minimum Gasteiger partial charge on any atom is -0.486 e. The zero-order valence-corrected chi connectivity index (χ0v) is 14.2. The number of para-hydroxylation sites is 1. The molecule has 2 aromatic carbocycles. The molecule has 132 valence electrons. The average molecular weight is 371 g/mol. The van der Waals surface area contributed by atoms with E-state index in [4.69, 9.17) is 9.47 Å². The fraction of sp³-hybridized carbons (Fsp3) is 0.176. The zero-order chi connectivity index (χ0) is 18.1. The molecule has 0 spiro atoms. The number of fused-ring (bicyclic) bond motifs is 2. The Labute approximate surface area is 151 Å². The number of carbonyl (C=O) groups is 1. The number of hydrogen-bond acceptors (Lipinski definition) is 7. The Balaban J connectivity index is 1.58. The van der Waals surface area contributed by atoms with Gasteiger partial charge in [-0.2, -0.15) is 0 Å². The van der Waals surface area contributed by atoms with E-state index in [2.05, 4.69) is 10.3 Å². The van der Waals surface area contributed by atoms with E-state index in [1.807, 2.05) is 24.3 Å². The number of nitro benzene ring substituents is 1. The number of hydrogen-bond donors (Lipinski definition) is 1. The molecule has 4 rings (SSSR count). The fourth-order valence-electron chi connectivity index (χ4n) is 2.66. The van der Waals surface area contributed by atoms with Crippen LogP contribution in [0.2, 0.25) is 0 Å². The van der Waals surface area contributed by atoms with Crippen LogP contribution < -0.4 is 14.8 Å². The molecule has 0 radical (unpaired) electrons. The smallest absolute Gasteiger partial charge is 0.286 e. The molecular formula is C17H13N3O5S. The zero-order valence-electron chi connectivity index (χ0n) is 13.4. The van der Waals surface area contributed by atoms with Crippen molar-refractivity contribution in [3.8, 4) is 11.5 Å². The lowest BCUT2D eigenvalue weighted by Crippen LogP contribution is -2.24. The van der Waals surface area contributed by atoms with Gasteiger partial charge in [0.2, 0.25) is 0 Å². The Kier molecular flexibility index (Phi) is 4.13. The van der Waals surface area contributed by atoms with Crippen molar-refractivity contribution in [2.45, 2.75) is 6.54 Å². The van der Waals surface area contributed by atoms with Gasteiger partial charge in [0.25, 0.3) is 11.6 Å². The molecule has 2 heterocycles. The van der Waals surface area contributed by atoms with Crippen LogP contribution in [0.1, 0.15) is 15.4 Å². The van der Waals surface area contributed by atoms with Gasteiger partial charge in [0, 0.05) is 6.07 Å². The largest absolute Gasteiger partial charge is 0.486 e. The molecule has 0 unspecified atom stereocenters. The van der Waals surface area contributed by atoms with Crippen LogP contribution in [-0.2, 0) is 6.54 Å². The second kappa shape index (κ2) is 6.60. The Hall–Kier alpha value is -3.20. The van der Waals surface area contributed by atoms with Crippen molar-refractivity contribution >= 4 is 33.1 Å². The average Bonchev–Trinajstić information content (AvgIpc) is 3.08. The lowest BCUT2D eigenvalue weighted by molar-refractivity contribution is -0.385. The van der Waals surface area contributed by atoms with Gasteiger partial charge in [0.15, 0.2) is 11.5 Å². The van der Waals surface area contributed by atoms with Gasteiger partial charge in [-0.3, -0.25) is 14.9 Å². The molecule has 0 fully saturated rings. The van der Waals surface area contributed by atoms with Crippen molar-refractivity contribution in [3.63, 3.8) is 0 Å². The van der Waals surface area contributed by atoms with Crippen LogP contribution >= 0.6 is 11.3 Å². The Morgan fingerprint density at radius 2 is 1.96 bits per heavy atom. The summed E-state index contributed by atoms with van der Waals surface area (Å²) in [6.45, 7) is 0.828. The third-order valence-corrected chi connectivity index (χ3v) is 4.88. The molecular weight excluding hydrogens is 358 g/mol. The number of carbonyl (C=O) groups excluding carboxylic acids is 1. The van der Waals surface area contributed by atoms with Gasteiger partial charge in [-0.05, 0) is 12.1 Å². The quantitative estimate of drug-likeness (QED) is 0.559. The molecule has 26 heavy (non-hydrogen) atoms. The molecule has 1 amide bonds. The number of nitro groups is 1. The summed E-state index contributed by atoms with van der Waals surface area (Å²) < 4.78 is 11.8. The van der Waals surface area contributed by atoms with Gasteiger partial charge in [0.1, 0.15) is 23.8 Å². The van der Waals surface area contributed by atoms with Gasteiger partial charge in [-0.25, -0.2) is 4.98 Å². The lowest BCUT2D eigenvalue weighted by Gasteiger charge is -2.18. The number of ether oxygens (including phenoxy) is 2. The molecule has 0 atom stereocenters. The minimum atomic E-state index is -0.606. The summed E-state index contributed by atoms with van der Waals surface area (Å²) in [5.74, 6) is 0.0330. The maximum absolute atomic E-state index is 12.5. The maximum Gasteiger partial charge on any atom is 0.286 e. The van der Waals surface area contributed by atoms with Gasteiger partial charge in [-0.1, -0.05) is 12.1 Å². The van der Waals surface area contributed by atoms with E-state index in [1.54, 1.807) is 0 Å². The normalized spacial score (nSPS) is 12.8. The monoisotopic (exact) mass is 371 g/mol. The van der Waals surface area contributed by atoms with Gasteiger partial charge >= 0.3 is 0 Å². The molecule has 1 aliphatic heterocycles. The van der Waals surface area contributed by atoms with Crippen molar-refractivity contribution < 1.29 is 19.2 Å². The van der Waals surface area contributed by atoms with E-state index in [0.29, 0.717) is 19.0 Å². The molecule has 1 aromatic heterocycles. The Bertz CT molecular complexity index is 984. The van der Waals surface area contributed by atoms with Crippen LogP contribution in [0.3, 0.4) is 0 Å². The summed E-state index contributed by atoms with van der Waals surface area (Å²) >= 11 is 1.46. The second-order valence-electron chi connectivity index (χ2n) is 5.53. The Morgan fingerprint density at radius 3 is 2.69 bits per heavy atom. The molecule has 0 aliphatic carbocycles. The number of amides is 1. The summed E-state index contributed by atoms with van der Waals surface area (Å²) in [4.78, 5) is 27.7. The van der Waals surface area contributed by atoms with E-state index in [9.17, 15) is 14.9 Å². The SMILES string of the molecule is O=C(NCc1nc2ccccc2s1)c1cc2c(cc1[N+](=O)[O-])OCCO2. The predicted molar refractivity (Wildman–Crippen MR) is 94.9 cm³/mol. The van der Waals surface area contributed by atoms with E-state index in [1.165, 1.54) is 23.5 Å². The summed E-state index contributed by atoms with van der Waals surface area (Å²) in [5, 5.41) is 14.7. The molecule has 0 bridgehead atoms. The topological polar surface area (TPSA) is 104 Å². The van der Waals surface area contributed by atoms with Crippen molar-refractivity contribution in [3.05, 3.63) is 57.1 Å². The molecule has 0 saturated carbocycles. The molecule has 8 nitrogen and oxygen atoms in total. The molecule has 1 N–H and O–H groups in total. The van der Waals surface area contributed by atoms with Gasteiger partial charge in [0.05, 0.1) is 27.8 Å². The van der Waals surface area contributed by atoms with Crippen LogP contribution in [0, 0.1) is 10.1 Å². The molecule has 0 saturated heterocycles. The molecule has 1 aliphatic rings. The minimum absolute atomic E-state index is 0.0691. The van der Waals surface area contributed by atoms with Crippen LogP contribution in [0.5, 0.6) is 11.5 Å². The van der Waals surface area contributed by atoms with Crippen molar-refractivity contribution in [2.24, 2.45) is 0 Å². The highest BCUT2D eigenvalue weighted by Gasteiger charge is 2.26. The first kappa shape index (κ1) is 16.3. The van der Waals surface area contributed by atoms with Gasteiger partial charge in [-0.15, -0.1) is 11.3 Å². The number of benzene rings is 2. The maximum atomic E-state index is 12.5. The second-order valence-corrected chi connectivity index (χ2v) is 6.64. The number of nitrogens with one attached hydrogen (secondary N) is 1. The van der Waals surface area contributed by atoms with E-state index >= 15 is 0 Å². The number of aromatic nitrogens is 1. The first-order valence-electron chi connectivity index (χ1n) is 7.82. The van der Waals surface area contributed by atoms with E-state index < -0.39 is 10.8 Å². The highest BCUT2D eigenvalue weighted by Crippen LogP contribution is 2.36. The van der Waals surface area contributed by atoms with E-state index in [-0.39, 0.29) is 23.5 Å². The first-order valence-corrected chi connectivity index (χ1v) is 8.64. The van der Waals surface area contributed by atoms with Crippen LogP contribution in [0.25, 0.3) is 10.2 Å². The van der Waals surface area contributed by atoms with Crippen LogP contribution in [-0.4, -0.2) is 29.0 Å². The highest BCUT2D eigenvalue weighted by molar-refractivity contribution is 7.18. The fourth-order valence-corrected chi connectivity index (χ4v) is 3.56. The summed E-state index contributed by atoms with van der Waals surface area (Å²) in [6, 6.07) is 10.2. The number of nitrogens with zero attached hydrogens (tertiary/aromatic N) is 2. The number of rotatable bonds is 4. The first-order chi connectivity index (χ1) is 12.6. The predicted octanol–water partition coefficient (Wildman–Crippen LogP) is 2.91. The third kappa shape index (κ3) is 3.04. The van der Waals surface area contributed by atoms with Crippen molar-refractivity contribution in [2.75, 3.05) is 13.2 Å². The van der Waals surface area contributed by atoms with Crippen molar-refractivity contribution in [1.82, 2.24) is 10.3 Å². The van der Waals surface area contributed by atoms with Gasteiger partial charge < -0.3 is 14.8 Å². The standard InChI is InChI=1S/C17H13N3O5S/c21-17(18-9-16-19-11-3-1-2-4-15(11)26-16)10-7-13-14(25-6-5-24-13)8-12(10)20(22)23/h1-4,7-8H,5-6,9H2,(H,18,21). The van der Waals surface area contributed by atoms with Crippen LogP contribution in [0.15, 0.2) is 36.4 Å². The summed E-state index contributed by atoms with van der Waals surface area (Å²) in [6.07, 6.45) is 0. The molecule has 3 aromatic rings. The summed E-state index contributed by atoms with van der Waals surface area (Å²) in [7, 11) is 0.